The van der Waals surface area contributed by atoms with E-state index in [4.69, 9.17) is 51.1 Å². The highest BCUT2D eigenvalue weighted by atomic mass is 35.5. The standard InChI is InChI=1S/C23H18ClFN6O5S2.C22H15ClFN5O6S2.2C21H15ClFN5O5S2/c1-30-9-8-26-20(30)12-2-4-14-16(10-12)28-23(34)31(21(14)32)17-5-3-13(11-15(17)25)27-22(33)29-38(35,36)19-7-6-18(24)37-19;23-17-5-6-18(36-17)37(33,34)28-21(31)26-12-2-4-16(14(24)10-12)29-20(30)13-3-1-11(19-25-7-8-35-19)9-15(13)27-22(29)32;22-16-5-6-17(34-16)35(32,33)27-20(30)25-10-1-4-15(13(23)9-10)28-19(29)12-2-3-14-11(7-8-24-14)18(12)26-21(28)31;22-17-3-4-18(34-17)35(32,33)27-20(30)25-11-1-2-16(13(23)8-11)28-19(29)12-7-10-5-6-24-14(10)9-15(12)26-21(28)31/h2-7,10-11H,8-9H2,1H3,(H,28,34)(H2,27,29,33);1-6,9-10H,7-8H2,(H,27,32)(H2,26,28,31);1-6,9,24H,7-8H2,(H,26,31)(H2,25,27,30);1-4,7-9,24H,5-6H2,(H,26,31)(H2,25,27,30). The van der Waals surface area contributed by atoms with Gasteiger partial charge < -0.3 is 61.5 Å². The van der Waals surface area contributed by atoms with Crippen LogP contribution in [-0.2, 0) is 57.7 Å². The average molecular weight is 2210 g/mol. The number of urea groups is 4. The van der Waals surface area contributed by atoms with Crippen molar-refractivity contribution in [3.05, 3.63) is 328 Å². The molecule has 0 atom stereocenters. The Kier molecular flexibility index (Phi) is 28.4. The number of amidine groups is 1. The van der Waals surface area contributed by atoms with E-state index in [2.05, 4.69) is 61.8 Å². The van der Waals surface area contributed by atoms with Crippen LogP contribution in [0.5, 0.6) is 0 Å². The quantitative estimate of drug-likeness (QED) is 0.0355. The fourth-order valence-corrected chi connectivity index (χ4v) is 24.7. The number of sulfonamides is 4. The van der Waals surface area contributed by atoms with Crippen LogP contribution in [0.25, 0.3) is 66.4 Å². The first-order chi connectivity index (χ1) is 68.9. The third kappa shape index (κ3) is 21.7. The number of aromatic nitrogens is 8. The monoisotopic (exact) mass is 2210 g/mol. The number of fused-ring (bicyclic) bond motifs is 7. The molecule has 0 radical (unpaired) electrons. The van der Waals surface area contributed by atoms with Gasteiger partial charge in [0.2, 0.25) is 5.90 Å². The molecule has 0 saturated heterocycles. The van der Waals surface area contributed by atoms with Crippen LogP contribution in [0, 0.1) is 23.3 Å². The molecule has 0 fully saturated rings. The van der Waals surface area contributed by atoms with Crippen molar-refractivity contribution >= 4 is 245 Å². The summed E-state index contributed by atoms with van der Waals surface area (Å²) >= 11 is 26.0. The maximum Gasteiger partial charge on any atom is 0.333 e. The lowest BCUT2D eigenvalue weighted by Crippen LogP contribution is -2.35. The molecule has 4 aliphatic rings. The van der Waals surface area contributed by atoms with Crippen LogP contribution in [0.4, 0.5) is 70.9 Å². The molecule has 8 aromatic heterocycles. The number of carbonyl (C=O) groups excluding carboxylic acids is 4. The molecular weight excluding hydrogens is 2150 g/mol. The zero-order valence-corrected chi connectivity index (χ0v) is 82.5. The molecule has 145 heavy (non-hydrogen) atoms. The number of hydrogen-bond donors (Lipinski definition) is 14. The third-order valence-electron chi connectivity index (χ3n) is 21.6. The molecule has 0 bridgehead atoms. The van der Waals surface area contributed by atoms with Gasteiger partial charge >= 0.3 is 46.9 Å². The number of aliphatic imine (C=N–C) groups is 2. The number of likely N-dealkylation sites (N-methyl/N-ethyl adjacent to an activating group) is 1. The Balaban J connectivity index is 0.000000132. The van der Waals surface area contributed by atoms with Crippen LogP contribution in [0.1, 0.15) is 22.3 Å². The topological polar surface area (TPSA) is 582 Å². The van der Waals surface area contributed by atoms with E-state index < -0.39 is 132 Å². The van der Waals surface area contributed by atoms with Crippen molar-refractivity contribution in [3.8, 4) is 22.7 Å². The molecule has 14 N–H and O–H groups in total. The van der Waals surface area contributed by atoms with Crippen LogP contribution in [0.2, 0.25) is 17.3 Å². The zero-order chi connectivity index (χ0) is 103. The van der Waals surface area contributed by atoms with E-state index in [9.17, 15) is 104 Å². The molecular formula is C87H63Cl4F4N21O21S8. The van der Waals surface area contributed by atoms with Crippen LogP contribution in [0.15, 0.2) is 247 Å². The van der Waals surface area contributed by atoms with E-state index in [0.29, 0.717) is 80.0 Å². The molecule has 4 aliphatic heterocycles. The number of aromatic amines is 4. The summed E-state index contributed by atoms with van der Waals surface area (Å²) in [7, 11) is -14.8. The number of ether oxygens (including phenoxy) is 1. The van der Waals surface area contributed by atoms with Gasteiger partial charge in [0.05, 0.1) is 96.8 Å². The number of rotatable bonds is 18. The van der Waals surface area contributed by atoms with Gasteiger partial charge in [-0.3, -0.25) is 24.2 Å². The van der Waals surface area contributed by atoms with Crippen LogP contribution < -0.4 is 95.8 Å². The molecule has 0 unspecified atom stereocenters. The first-order valence-electron chi connectivity index (χ1n) is 41.6. The lowest BCUT2D eigenvalue weighted by Gasteiger charge is -2.14. The molecule has 58 heteroatoms. The maximum absolute atomic E-state index is 15.0. The van der Waals surface area contributed by atoms with Gasteiger partial charge in [0.1, 0.15) is 52.5 Å². The summed E-state index contributed by atoms with van der Waals surface area (Å²) in [6.07, 6.45) is 1.36. The van der Waals surface area contributed by atoms with Gasteiger partial charge in [0, 0.05) is 77.5 Å². The minimum atomic E-state index is -4.19. The Morgan fingerprint density at radius 3 is 1.10 bits per heavy atom. The summed E-state index contributed by atoms with van der Waals surface area (Å²) < 4.78 is 173. The van der Waals surface area contributed by atoms with E-state index in [1.165, 1.54) is 84.9 Å². The smallest absolute Gasteiger partial charge is 0.333 e. The Hall–Kier alpha value is -15.4. The summed E-state index contributed by atoms with van der Waals surface area (Å²) in [4.78, 5) is 173. The van der Waals surface area contributed by atoms with Gasteiger partial charge in [-0.25, -0.2) is 132 Å². The number of thiophene rings is 4. The summed E-state index contributed by atoms with van der Waals surface area (Å²) in [6.45, 7) is 3.75. The number of H-pyrrole nitrogens is 4. The van der Waals surface area contributed by atoms with Gasteiger partial charge in [0.15, 0.2) is 0 Å². The number of amides is 8. The van der Waals surface area contributed by atoms with Crippen molar-refractivity contribution in [2.75, 3.05) is 78.3 Å². The summed E-state index contributed by atoms with van der Waals surface area (Å²) in [5, 5.41) is 15.9. The Bertz CT molecular complexity index is 9130. The Morgan fingerprint density at radius 2 is 0.731 bits per heavy atom. The second-order valence-corrected chi connectivity index (χ2v) is 45.5. The van der Waals surface area contributed by atoms with Crippen molar-refractivity contribution in [2.45, 2.75) is 29.7 Å². The van der Waals surface area contributed by atoms with Crippen LogP contribution in [-0.4, -0.2) is 159 Å². The highest BCUT2D eigenvalue weighted by molar-refractivity contribution is 7.93. The highest BCUT2D eigenvalue weighted by Gasteiger charge is 2.30. The van der Waals surface area contributed by atoms with E-state index in [-0.39, 0.29) is 112 Å². The number of benzene rings is 8. The third-order valence-corrected chi connectivity index (χ3v) is 33.8. The minimum absolute atomic E-state index is 0.0997. The SMILES string of the molecule is CN1CCN=C1c1ccc2c(=O)n(-c3ccc(NC(=O)NS(=O)(=O)c4ccc(Cl)s4)cc3F)c(=O)[nH]c2c1.O=C(Nc1ccc(-n2c(=O)[nH]c3c4c(ccc3c2=O)NCC4)c(F)c1)NS(=O)(=O)c1ccc(Cl)s1.O=C(Nc1ccc(-n2c(=O)[nH]c3cc(C4=NCCO4)ccc3c2=O)c(F)c1)NS(=O)(=O)c1ccc(Cl)s1.O=C(Nc1ccc(-n2c(=O)[nH]c3cc4c(cc3c2=O)CCN4)c(F)c1)NS(=O)(=O)c1ccc(Cl)s1. The molecule has 746 valence electrons. The normalized spacial score (nSPS) is 13.2. The summed E-state index contributed by atoms with van der Waals surface area (Å²) in [5.74, 6) is -2.83. The van der Waals surface area contributed by atoms with Gasteiger partial charge in [-0.1, -0.05) is 52.5 Å². The van der Waals surface area contributed by atoms with Crippen molar-refractivity contribution in [2.24, 2.45) is 9.98 Å². The fraction of sp³-hybridized carbons (Fsp3) is 0.103. The van der Waals surface area contributed by atoms with Gasteiger partial charge in [-0.2, -0.15) is 0 Å². The summed E-state index contributed by atoms with van der Waals surface area (Å²) in [5.41, 5.74) is -2.18. The van der Waals surface area contributed by atoms with Crippen LogP contribution in [0.3, 0.4) is 0 Å². The lowest BCUT2D eigenvalue weighted by molar-refractivity contribution is 0.255. The van der Waals surface area contributed by atoms with Crippen molar-refractivity contribution in [1.29, 1.82) is 0 Å². The number of anilines is 6. The second-order valence-electron chi connectivity index (χ2n) is 31.0. The first kappa shape index (κ1) is 101. The largest absolute Gasteiger partial charge is 0.476 e. The van der Waals surface area contributed by atoms with Crippen molar-refractivity contribution in [1.82, 2.24) is 62.0 Å². The molecule has 12 heterocycles. The number of halogens is 8. The van der Waals surface area contributed by atoms with E-state index in [0.717, 1.165) is 141 Å². The number of carbonyl (C=O) groups is 4. The molecule has 20 rings (SSSR count). The number of hydrogen-bond acceptors (Lipinski definition) is 30. The highest BCUT2D eigenvalue weighted by Crippen LogP contribution is 2.34. The molecule has 16 aromatic rings. The molecule has 8 amide bonds. The molecule has 0 aliphatic carbocycles. The first-order valence-corrected chi connectivity index (χ1v) is 52.3. The predicted octanol–water partition coefficient (Wildman–Crippen LogP) is 11.6. The lowest BCUT2D eigenvalue weighted by atomic mass is 10.1. The van der Waals surface area contributed by atoms with Crippen LogP contribution >= 0.6 is 91.8 Å². The zero-order valence-electron chi connectivity index (χ0n) is 73.0. The molecule has 0 spiro atoms. The fourth-order valence-electron chi connectivity index (χ4n) is 15.2. The average Bonchev–Trinajstić information content (AvgIpc) is 1.70. The Labute approximate surface area is 844 Å². The molecule has 42 nitrogen and oxygen atoms in total. The molecule has 8 aromatic carbocycles. The van der Waals surface area contributed by atoms with Gasteiger partial charge in [0.25, 0.3) is 62.3 Å². The van der Waals surface area contributed by atoms with E-state index >= 15 is 4.39 Å². The van der Waals surface area contributed by atoms with E-state index in [1.807, 2.05) is 11.9 Å². The minimum Gasteiger partial charge on any atom is -0.476 e. The summed E-state index contributed by atoms with van der Waals surface area (Å²) in [6, 6.07) is 34.8. The second kappa shape index (κ2) is 40.8. The predicted molar refractivity (Wildman–Crippen MR) is 541 cm³/mol. The number of nitrogens with zero attached hydrogens (tertiary/aromatic N) is 7. The number of nitrogens with one attached hydrogen (secondary N) is 14. The van der Waals surface area contributed by atoms with Gasteiger partial charge in [-0.15, -0.1) is 45.3 Å². The Morgan fingerprint density at radius 1 is 0.379 bits per heavy atom. The van der Waals surface area contributed by atoms with E-state index in [1.54, 1.807) is 67.4 Å². The van der Waals surface area contributed by atoms with Gasteiger partial charge in [-0.05, 0) is 194 Å². The molecule has 0 saturated carbocycles. The van der Waals surface area contributed by atoms with Crippen molar-refractivity contribution < 1.29 is 75.1 Å². The van der Waals surface area contributed by atoms with Crippen molar-refractivity contribution in [3.63, 3.8) is 0 Å². The maximum atomic E-state index is 15.0.